The van der Waals surface area contributed by atoms with Gasteiger partial charge in [0.1, 0.15) is 5.82 Å². The van der Waals surface area contributed by atoms with Crippen molar-refractivity contribution in [1.29, 1.82) is 0 Å². The smallest absolute Gasteiger partial charge is 0.221 e. The van der Waals surface area contributed by atoms with Gasteiger partial charge in [-0.2, -0.15) is 0 Å². The van der Waals surface area contributed by atoms with E-state index in [9.17, 15) is 14.0 Å². The molecule has 2 rings (SSSR count). The molecule has 0 aliphatic carbocycles. The van der Waals surface area contributed by atoms with E-state index in [2.05, 4.69) is 10.2 Å². The first-order valence-electron chi connectivity index (χ1n) is 8.04. The molecule has 1 heterocycles. The molecule has 1 saturated heterocycles. The molecule has 1 fully saturated rings. The van der Waals surface area contributed by atoms with Crippen molar-refractivity contribution in [2.45, 2.75) is 19.8 Å². The Balaban J connectivity index is 1.61. The summed E-state index contributed by atoms with van der Waals surface area (Å²) >= 11 is 0. The third-order valence-corrected chi connectivity index (χ3v) is 4.15. The van der Waals surface area contributed by atoms with Crippen molar-refractivity contribution in [2.24, 2.45) is 0 Å². The van der Waals surface area contributed by atoms with Crippen molar-refractivity contribution in [2.75, 3.05) is 39.3 Å². The van der Waals surface area contributed by atoms with Crippen LogP contribution in [0.4, 0.5) is 4.39 Å². The first kappa shape index (κ1) is 17.4. The number of hydrogen-bond donors (Lipinski definition) is 1. The fourth-order valence-electron chi connectivity index (χ4n) is 2.67. The van der Waals surface area contributed by atoms with Crippen LogP contribution in [0, 0.1) is 5.82 Å². The van der Waals surface area contributed by atoms with Crippen molar-refractivity contribution in [3.05, 3.63) is 35.6 Å². The molecule has 0 radical (unpaired) electrons. The van der Waals surface area contributed by atoms with Crippen molar-refractivity contribution in [3.63, 3.8) is 0 Å². The van der Waals surface area contributed by atoms with Crippen LogP contribution in [0.3, 0.4) is 0 Å². The highest BCUT2D eigenvalue weighted by molar-refractivity contribution is 5.76. The Bertz CT molecular complexity index is 542. The Morgan fingerprint density at radius 1 is 1.17 bits per heavy atom. The van der Waals surface area contributed by atoms with Gasteiger partial charge in [0.05, 0.1) is 0 Å². The molecule has 0 bridgehead atoms. The van der Waals surface area contributed by atoms with Gasteiger partial charge in [-0.05, 0) is 18.1 Å². The monoisotopic (exact) mass is 321 g/mol. The van der Waals surface area contributed by atoms with Crippen LogP contribution in [0.5, 0.6) is 0 Å². The van der Waals surface area contributed by atoms with E-state index in [4.69, 9.17) is 0 Å². The molecule has 5 nitrogen and oxygen atoms in total. The molecule has 23 heavy (non-hydrogen) atoms. The highest BCUT2D eigenvalue weighted by atomic mass is 19.1. The molecular formula is C17H24FN3O2. The quantitative estimate of drug-likeness (QED) is 0.852. The van der Waals surface area contributed by atoms with Crippen molar-refractivity contribution in [1.82, 2.24) is 15.1 Å². The number of halogens is 1. The number of nitrogens with one attached hydrogen (secondary N) is 1. The molecule has 0 unspecified atom stereocenters. The predicted octanol–water partition coefficient (Wildman–Crippen LogP) is 1.04. The third-order valence-electron chi connectivity index (χ3n) is 4.15. The van der Waals surface area contributed by atoms with Gasteiger partial charge in [-0.3, -0.25) is 14.5 Å². The van der Waals surface area contributed by atoms with Gasteiger partial charge in [0, 0.05) is 52.6 Å². The predicted molar refractivity (Wildman–Crippen MR) is 86.4 cm³/mol. The minimum Gasteiger partial charge on any atom is -0.356 e. The fourth-order valence-corrected chi connectivity index (χ4v) is 2.67. The Labute approximate surface area is 136 Å². The molecule has 1 aliphatic rings. The normalized spacial score (nSPS) is 15.5. The van der Waals surface area contributed by atoms with Crippen LogP contribution in [0.15, 0.2) is 24.3 Å². The third kappa shape index (κ3) is 5.63. The van der Waals surface area contributed by atoms with Crippen LogP contribution >= 0.6 is 0 Å². The van der Waals surface area contributed by atoms with E-state index in [0.717, 1.165) is 26.2 Å². The average molecular weight is 321 g/mol. The minimum atomic E-state index is -0.231. The number of benzene rings is 1. The molecule has 1 aromatic rings. The molecule has 0 aromatic heterocycles. The summed E-state index contributed by atoms with van der Waals surface area (Å²) in [5.74, 6) is -0.143. The largest absolute Gasteiger partial charge is 0.356 e. The van der Waals surface area contributed by atoms with Crippen LogP contribution in [0.25, 0.3) is 0 Å². The Kier molecular flexibility index (Phi) is 6.52. The molecule has 0 saturated carbocycles. The number of amides is 2. The number of hydrogen-bond acceptors (Lipinski definition) is 3. The van der Waals surface area contributed by atoms with Gasteiger partial charge in [0.25, 0.3) is 0 Å². The summed E-state index contributed by atoms with van der Waals surface area (Å²) in [6.07, 6.45) is 0.924. The summed E-state index contributed by atoms with van der Waals surface area (Å²) in [6, 6.07) is 6.61. The zero-order valence-electron chi connectivity index (χ0n) is 13.6. The van der Waals surface area contributed by atoms with Gasteiger partial charge in [-0.1, -0.05) is 18.2 Å². The van der Waals surface area contributed by atoms with Gasteiger partial charge in [-0.15, -0.1) is 0 Å². The summed E-state index contributed by atoms with van der Waals surface area (Å²) in [6.45, 7) is 5.78. The number of carbonyl (C=O) groups is 2. The Morgan fingerprint density at radius 2 is 1.87 bits per heavy atom. The van der Waals surface area contributed by atoms with Crippen LogP contribution in [-0.4, -0.2) is 60.9 Å². The van der Waals surface area contributed by atoms with Crippen molar-refractivity contribution < 1.29 is 14.0 Å². The van der Waals surface area contributed by atoms with Crippen LogP contribution in [-0.2, 0) is 16.0 Å². The number of nitrogens with zero attached hydrogens (tertiary/aromatic N) is 2. The van der Waals surface area contributed by atoms with Gasteiger partial charge in [0.15, 0.2) is 0 Å². The first-order valence-corrected chi connectivity index (χ1v) is 8.04. The topological polar surface area (TPSA) is 52.7 Å². The highest BCUT2D eigenvalue weighted by Gasteiger charge is 2.18. The van der Waals surface area contributed by atoms with E-state index >= 15 is 0 Å². The zero-order chi connectivity index (χ0) is 16.7. The Hall–Kier alpha value is -1.95. The molecule has 6 heteroatoms. The van der Waals surface area contributed by atoms with Crippen LogP contribution < -0.4 is 5.32 Å². The zero-order valence-corrected chi connectivity index (χ0v) is 13.6. The lowest BCUT2D eigenvalue weighted by molar-refractivity contribution is -0.131. The molecule has 0 spiro atoms. The Morgan fingerprint density at radius 3 is 2.52 bits per heavy atom. The number of piperazine rings is 1. The van der Waals surface area contributed by atoms with Crippen LogP contribution in [0.1, 0.15) is 18.9 Å². The van der Waals surface area contributed by atoms with E-state index in [0.29, 0.717) is 31.5 Å². The first-order chi connectivity index (χ1) is 11.1. The minimum absolute atomic E-state index is 0.0182. The fraction of sp³-hybridized carbons (Fsp3) is 0.529. The highest BCUT2D eigenvalue weighted by Crippen LogP contribution is 2.06. The molecule has 0 atom stereocenters. The van der Waals surface area contributed by atoms with Crippen molar-refractivity contribution in [3.8, 4) is 0 Å². The van der Waals surface area contributed by atoms with E-state index < -0.39 is 0 Å². The van der Waals surface area contributed by atoms with Crippen molar-refractivity contribution >= 4 is 11.8 Å². The second kappa shape index (κ2) is 8.62. The van der Waals surface area contributed by atoms with Gasteiger partial charge < -0.3 is 10.2 Å². The summed E-state index contributed by atoms with van der Waals surface area (Å²) in [5.41, 5.74) is 0.619. The lowest BCUT2D eigenvalue weighted by Gasteiger charge is -2.34. The number of carbonyl (C=O) groups excluding carboxylic acids is 2. The lowest BCUT2D eigenvalue weighted by atomic mass is 10.1. The van der Waals surface area contributed by atoms with E-state index in [-0.39, 0.29) is 17.6 Å². The van der Waals surface area contributed by atoms with Crippen LogP contribution in [0.2, 0.25) is 0 Å². The molecule has 1 N–H and O–H groups in total. The maximum atomic E-state index is 13.4. The molecule has 126 valence electrons. The molecular weight excluding hydrogens is 297 g/mol. The van der Waals surface area contributed by atoms with E-state index in [1.165, 1.54) is 6.07 Å². The second-order valence-electron chi connectivity index (χ2n) is 5.79. The molecule has 1 aromatic carbocycles. The molecule has 2 amide bonds. The standard InChI is InChI=1S/C17H24FN3O2/c1-14(22)21-12-10-20(11-13-21)9-7-17(23)19-8-6-15-4-2-3-5-16(15)18/h2-5H,6-13H2,1H3,(H,19,23). The van der Waals surface area contributed by atoms with E-state index in [1.807, 2.05) is 4.90 Å². The SMILES string of the molecule is CC(=O)N1CCN(CCC(=O)NCCc2ccccc2F)CC1. The summed E-state index contributed by atoms with van der Waals surface area (Å²) in [4.78, 5) is 27.1. The lowest BCUT2D eigenvalue weighted by Crippen LogP contribution is -2.48. The summed E-state index contributed by atoms with van der Waals surface area (Å²) in [5, 5.41) is 2.83. The maximum absolute atomic E-state index is 13.4. The van der Waals surface area contributed by atoms with Gasteiger partial charge in [-0.25, -0.2) is 4.39 Å². The summed E-state index contributed by atoms with van der Waals surface area (Å²) in [7, 11) is 0. The second-order valence-corrected chi connectivity index (χ2v) is 5.79. The van der Waals surface area contributed by atoms with E-state index in [1.54, 1.807) is 25.1 Å². The summed E-state index contributed by atoms with van der Waals surface area (Å²) < 4.78 is 13.4. The van der Waals surface area contributed by atoms with Gasteiger partial charge >= 0.3 is 0 Å². The number of rotatable bonds is 6. The molecule has 1 aliphatic heterocycles. The maximum Gasteiger partial charge on any atom is 0.221 e. The van der Waals surface area contributed by atoms with Gasteiger partial charge in [0.2, 0.25) is 11.8 Å². The average Bonchev–Trinajstić information content (AvgIpc) is 2.55.